The number of piperidine rings is 1. The van der Waals surface area contributed by atoms with Crippen molar-refractivity contribution in [2.45, 2.75) is 32.3 Å². The molecule has 1 fully saturated rings. The molecule has 0 radical (unpaired) electrons. The van der Waals surface area contributed by atoms with Crippen LogP contribution in [-0.4, -0.2) is 58.4 Å². The summed E-state index contributed by atoms with van der Waals surface area (Å²) in [6.45, 7) is 5.45. The van der Waals surface area contributed by atoms with Crippen LogP contribution in [0.3, 0.4) is 0 Å². The number of nitrogens with zero attached hydrogens (tertiary/aromatic N) is 3. The Morgan fingerprint density at radius 3 is 2.86 bits per heavy atom. The van der Waals surface area contributed by atoms with E-state index >= 15 is 0 Å². The summed E-state index contributed by atoms with van der Waals surface area (Å²) in [5.74, 6) is 0.424. The molecule has 1 amide bonds. The van der Waals surface area contributed by atoms with Gasteiger partial charge in [0.25, 0.3) is 5.91 Å². The highest BCUT2D eigenvalue weighted by Crippen LogP contribution is 2.17. The lowest BCUT2D eigenvalue weighted by molar-refractivity contribution is 0.0837. The van der Waals surface area contributed by atoms with Gasteiger partial charge in [-0.05, 0) is 44.3 Å². The number of aliphatic hydroxyl groups excluding tert-OH is 1. The van der Waals surface area contributed by atoms with Crippen LogP contribution in [0.1, 0.15) is 36.5 Å². The maximum atomic E-state index is 11.9. The molecule has 1 unspecified atom stereocenters. The Hall–Kier alpha value is -1.53. The summed E-state index contributed by atoms with van der Waals surface area (Å²) in [7, 11) is 0. The van der Waals surface area contributed by atoms with Crippen molar-refractivity contribution in [3.8, 4) is 0 Å². The Bertz CT molecular complexity index is 433. The van der Waals surface area contributed by atoms with E-state index in [1.807, 2.05) is 6.92 Å². The highest BCUT2D eigenvalue weighted by molar-refractivity contribution is 5.93. The summed E-state index contributed by atoms with van der Waals surface area (Å²) in [5, 5.41) is 20.0. The zero-order valence-corrected chi connectivity index (χ0v) is 12.5. The van der Waals surface area contributed by atoms with Crippen molar-refractivity contribution in [1.82, 2.24) is 20.4 Å². The van der Waals surface area contributed by atoms with Crippen LogP contribution in [0.5, 0.6) is 0 Å². The average Bonchev–Trinajstić information content (AvgIpc) is 2.54. The Labute approximate surface area is 125 Å². The minimum absolute atomic E-state index is 0.0891. The first-order valence-corrected chi connectivity index (χ1v) is 7.64. The lowest BCUT2D eigenvalue weighted by atomic mass is 9.96. The molecule has 2 rings (SSSR count). The van der Waals surface area contributed by atoms with Crippen LogP contribution < -0.4 is 5.32 Å². The number of aliphatic hydroxyl groups is 1. The largest absolute Gasteiger partial charge is 0.392 e. The molecule has 1 aromatic heterocycles. The monoisotopic (exact) mass is 292 g/mol. The molecular weight excluding hydrogens is 268 g/mol. The first-order chi connectivity index (χ1) is 10.2. The van der Waals surface area contributed by atoms with Crippen molar-refractivity contribution in [2.75, 3.05) is 26.2 Å². The fourth-order valence-electron chi connectivity index (χ4n) is 2.56. The lowest BCUT2D eigenvalue weighted by Gasteiger charge is -2.33. The highest BCUT2D eigenvalue weighted by atomic mass is 16.3. The molecule has 1 aromatic rings. The van der Waals surface area contributed by atoms with E-state index in [0.717, 1.165) is 38.9 Å². The fraction of sp³-hybridized carbons (Fsp3) is 0.667. The van der Waals surface area contributed by atoms with Crippen molar-refractivity contribution in [2.24, 2.45) is 5.92 Å². The van der Waals surface area contributed by atoms with Crippen LogP contribution >= 0.6 is 0 Å². The van der Waals surface area contributed by atoms with Gasteiger partial charge in [-0.3, -0.25) is 4.79 Å². The number of nitrogens with one attached hydrogen (secondary N) is 1. The zero-order chi connectivity index (χ0) is 15.1. The standard InChI is InChI=1S/C15H24N4O2/c1-2-14(20)11-19-7-4-12(5-8-19)9-16-15(21)13-3-6-17-18-10-13/h3,6,10,12,14,20H,2,4-5,7-9,11H2,1H3,(H,16,21). The van der Waals surface area contributed by atoms with Crippen LogP contribution in [-0.2, 0) is 0 Å². The number of β-amino-alcohol motifs (C(OH)–C–C–N with tert-alkyl or cyclic N) is 1. The predicted molar refractivity (Wildman–Crippen MR) is 79.8 cm³/mol. The van der Waals surface area contributed by atoms with Gasteiger partial charge in [0, 0.05) is 13.1 Å². The van der Waals surface area contributed by atoms with Gasteiger partial charge >= 0.3 is 0 Å². The minimum atomic E-state index is -0.222. The van der Waals surface area contributed by atoms with Crippen LogP contribution in [0, 0.1) is 5.92 Å². The van der Waals surface area contributed by atoms with Gasteiger partial charge in [0.1, 0.15) is 0 Å². The summed E-state index contributed by atoms with van der Waals surface area (Å²) in [5.41, 5.74) is 0.550. The topological polar surface area (TPSA) is 78.4 Å². The van der Waals surface area contributed by atoms with E-state index in [2.05, 4.69) is 20.4 Å². The van der Waals surface area contributed by atoms with E-state index in [0.29, 0.717) is 18.0 Å². The third kappa shape index (κ3) is 5.06. The van der Waals surface area contributed by atoms with Crippen molar-refractivity contribution in [1.29, 1.82) is 0 Å². The highest BCUT2D eigenvalue weighted by Gasteiger charge is 2.21. The smallest absolute Gasteiger partial charge is 0.252 e. The summed E-state index contributed by atoms with van der Waals surface area (Å²) >= 11 is 0. The molecule has 0 bridgehead atoms. The second-order valence-electron chi connectivity index (χ2n) is 5.65. The Morgan fingerprint density at radius 2 is 2.24 bits per heavy atom. The third-order valence-corrected chi connectivity index (χ3v) is 4.05. The van der Waals surface area contributed by atoms with E-state index in [-0.39, 0.29) is 12.0 Å². The molecule has 1 atom stereocenters. The molecule has 2 heterocycles. The lowest BCUT2D eigenvalue weighted by Crippen LogP contribution is -2.41. The van der Waals surface area contributed by atoms with Crippen molar-refractivity contribution >= 4 is 5.91 Å². The molecule has 1 aliphatic rings. The molecule has 0 aromatic carbocycles. The van der Waals surface area contributed by atoms with Gasteiger partial charge in [-0.1, -0.05) is 6.92 Å². The van der Waals surface area contributed by atoms with Gasteiger partial charge in [0.05, 0.1) is 24.1 Å². The summed E-state index contributed by atoms with van der Waals surface area (Å²) in [6.07, 6.45) is 5.70. The molecule has 0 spiro atoms. The predicted octanol–water partition coefficient (Wildman–Crippen LogP) is 0.689. The van der Waals surface area contributed by atoms with E-state index in [1.54, 1.807) is 6.07 Å². The number of aromatic nitrogens is 2. The zero-order valence-electron chi connectivity index (χ0n) is 12.5. The molecule has 6 heteroatoms. The van der Waals surface area contributed by atoms with E-state index in [1.165, 1.54) is 12.4 Å². The van der Waals surface area contributed by atoms with Gasteiger partial charge in [-0.25, -0.2) is 0 Å². The summed E-state index contributed by atoms with van der Waals surface area (Å²) in [6, 6.07) is 1.66. The molecule has 6 nitrogen and oxygen atoms in total. The number of hydrogen-bond acceptors (Lipinski definition) is 5. The maximum absolute atomic E-state index is 11.9. The number of carbonyl (C=O) groups excluding carboxylic acids is 1. The second kappa shape index (κ2) is 8.05. The summed E-state index contributed by atoms with van der Waals surface area (Å²) < 4.78 is 0. The Morgan fingerprint density at radius 1 is 1.48 bits per heavy atom. The van der Waals surface area contributed by atoms with Crippen molar-refractivity contribution in [3.05, 3.63) is 24.0 Å². The van der Waals surface area contributed by atoms with Gasteiger partial charge in [0.2, 0.25) is 0 Å². The van der Waals surface area contributed by atoms with Crippen LogP contribution in [0.25, 0.3) is 0 Å². The second-order valence-corrected chi connectivity index (χ2v) is 5.65. The van der Waals surface area contributed by atoms with E-state index in [9.17, 15) is 9.90 Å². The van der Waals surface area contributed by atoms with Crippen molar-refractivity contribution in [3.63, 3.8) is 0 Å². The minimum Gasteiger partial charge on any atom is -0.392 e. The third-order valence-electron chi connectivity index (χ3n) is 4.05. The van der Waals surface area contributed by atoms with Crippen LogP contribution in [0.2, 0.25) is 0 Å². The molecule has 1 saturated heterocycles. The molecule has 116 valence electrons. The summed E-state index contributed by atoms with van der Waals surface area (Å²) in [4.78, 5) is 14.2. The van der Waals surface area contributed by atoms with E-state index < -0.39 is 0 Å². The van der Waals surface area contributed by atoms with Crippen LogP contribution in [0.4, 0.5) is 0 Å². The molecule has 0 saturated carbocycles. The molecule has 21 heavy (non-hydrogen) atoms. The molecule has 2 N–H and O–H groups in total. The number of likely N-dealkylation sites (tertiary alicyclic amines) is 1. The number of rotatable bonds is 6. The average molecular weight is 292 g/mol. The normalized spacial score (nSPS) is 18.4. The van der Waals surface area contributed by atoms with E-state index in [4.69, 9.17) is 0 Å². The van der Waals surface area contributed by atoms with Gasteiger partial charge in [-0.15, -0.1) is 0 Å². The first-order valence-electron chi connectivity index (χ1n) is 7.64. The fourth-order valence-corrected chi connectivity index (χ4v) is 2.56. The van der Waals surface area contributed by atoms with Gasteiger partial charge < -0.3 is 15.3 Å². The van der Waals surface area contributed by atoms with Gasteiger partial charge in [-0.2, -0.15) is 10.2 Å². The molecular formula is C15H24N4O2. The van der Waals surface area contributed by atoms with Crippen LogP contribution in [0.15, 0.2) is 18.5 Å². The number of amides is 1. The number of hydrogen-bond donors (Lipinski definition) is 2. The first kappa shape index (κ1) is 15.9. The SMILES string of the molecule is CCC(O)CN1CCC(CNC(=O)c2ccnnc2)CC1. The van der Waals surface area contributed by atoms with Crippen molar-refractivity contribution < 1.29 is 9.90 Å². The molecule has 1 aliphatic heterocycles. The Kier molecular flexibility index (Phi) is 6.07. The Balaban J connectivity index is 1.68. The molecule has 0 aliphatic carbocycles. The maximum Gasteiger partial charge on any atom is 0.252 e. The quantitative estimate of drug-likeness (QED) is 0.806. The number of carbonyl (C=O) groups is 1. The van der Waals surface area contributed by atoms with Gasteiger partial charge in [0.15, 0.2) is 0 Å².